The molecule has 1 amide bonds. The molecule has 0 spiro atoms. The number of hydrogen-bond donors (Lipinski definition) is 3. The summed E-state index contributed by atoms with van der Waals surface area (Å²) in [4.78, 5) is 27.1. The molecule has 9 nitrogen and oxygen atoms in total. The Morgan fingerprint density at radius 1 is 1.03 bits per heavy atom. The summed E-state index contributed by atoms with van der Waals surface area (Å²) < 4.78 is 16.3. The molecule has 2 aromatic rings. The number of amides is 1. The standard InChI is InChI=1S/C28H36N2O7.CH4/c1-35-22-10-7-19(8-11-22)24(32)5-3-2-4-6-27(33)29-23(18-30-16-21(31)17-30)28(34)20-9-12-25-26(15-20)37-14-13-36-25;/h7-12,15,21,23,28,31,34H,2-6,13-14,16-18H2,1H3,(H,29,33);1H4/t23-,28-;/m1./s1. The van der Waals surface area contributed by atoms with E-state index in [-0.39, 0.29) is 25.2 Å². The third-order valence-electron chi connectivity index (χ3n) is 6.75. The van der Waals surface area contributed by atoms with Gasteiger partial charge in [-0.3, -0.25) is 14.5 Å². The fourth-order valence-electron chi connectivity index (χ4n) is 4.62. The Bertz CT molecular complexity index is 1050. The maximum atomic E-state index is 12.7. The highest BCUT2D eigenvalue weighted by molar-refractivity contribution is 5.96. The van der Waals surface area contributed by atoms with Crippen LogP contribution >= 0.6 is 0 Å². The van der Waals surface area contributed by atoms with Gasteiger partial charge in [-0.1, -0.05) is 19.9 Å². The van der Waals surface area contributed by atoms with E-state index in [0.717, 1.165) is 6.42 Å². The molecule has 3 N–H and O–H groups in total. The fourth-order valence-corrected chi connectivity index (χ4v) is 4.62. The number of hydrogen-bond acceptors (Lipinski definition) is 8. The van der Waals surface area contributed by atoms with Crippen molar-refractivity contribution in [1.82, 2.24) is 10.2 Å². The molecule has 0 aromatic heterocycles. The van der Waals surface area contributed by atoms with Gasteiger partial charge in [-0.15, -0.1) is 0 Å². The number of methoxy groups -OCH3 is 1. The minimum absolute atomic E-state index is 0. The topological polar surface area (TPSA) is 118 Å². The molecule has 2 aromatic carbocycles. The van der Waals surface area contributed by atoms with Crippen LogP contribution in [0.15, 0.2) is 42.5 Å². The van der Waals surface area contributed by atoms with Crippen molar-refractivity contribution in [1.29, 1.82) is 0 Å². The summed E-state index contributed by atoms with van der Waals surface area (Å²) in [7, 11) is 1.59. The SMILES string of the molecule is C.COc1ccc(C(=O)CCCCCC(=O)N[C@H](CN2CC(O)C2)[C@H](O)c2ccc3c(c2)OCCO3)cc1. The molecule has 0 saturated carbocycles. The predicted octanol–water partition coefficient (Wildman–Crippen LogP) is 3.13. The lowest BCUT2D eigenvalue weighted by Gasteiger charge is -2.39. The zero-order valence-electron chi connectivity index (χ0n) is 21.2. The molecule has 9 heteroatoms. The van der Waals surface area contributed by atoms with Gasteiger partial charge in [-0.2, -0.15) is 0 Å². The molecular formula is C29H40N2O7. The van der Waals surface area contributed by atoms with E-state index >= 15 is 0 Å². The smallest absolute Gasteiger partial charge is 0.220 e. The van der Waals surface area contributed by atoms with Crippen molar-refractivity contribution >= 4 is 11.7 Å². The van der Waals surface area contributed by atoms with Crippen LogP contribution in [0.25, 0.3) is 0 Å². The van der Waals surface area contributed by atoms with Gasteiger partial charge in [0.05, 0.1) is 19.3 Å². The summed E-state index contributed by atoms with van der Waals surface area (Å²) in [5, 5.41) is 23.8. The number of Topliss-reactive ketones (excluding diaryl/α,β-unsaturated/α-hetero) is 1. The van der Waals surface area contributed by atoms with Crippen LogP contribution in [-0.4, -0.2) is 78.9 Å². The molecule has 2 atom stereocenters. The molecule has 4 rings (SSSR count). The van der Waals surface area contributed by atoms with E-state index < -0.39 is 12.1 Å². The monoisotopic (exact) mass is 528 g/mol. The Morgan fingerprint density at radius 2 is 1.71 bits per heavy atom. The van der Waals surface area contributed by atoms with Gasteiger partial charge in [0.25, 0.3) is 0 Å². The molecule has 2 aliphatic rings. The Labute approximate surface area is 224 Å². The number of benzene rings is 2. The summed E-state index contributed by atoms with van der Waals surface area (Å²) in [5.41, 5.74) is 1.29. The average Bonchev–Trinajstić information content (AvgIpc) is 2.90. The highest BCUT2D eigenvalue weighted by Crippen LogP contribution is 2.33. The van der Waals surface area contributed by atoms with Gasteiger partial charge in [-0.25, -0.2) is 0 Å². The molecule has 208 valence electrons. The van der Waals surface area contributed by atoms with Crippen LogP contribution in [-0.2, 0) is 4.79 Å². The van der Waals surface area contributed by atoms with E-state index in [0.29, 0.717) is 86.9 Å². The van der Waals surface area contributed by atoms with Crippen LogP contribution < -0.4 is 19.5 Å². The van der Waals surface area contributed by atoms with Gasteiger partial charge in [0.15, 0.2) is 17.3 Å². The third-order valence-corrected chi connectivity index (χ3v) is 6.75. The largest absolute Gasteiger partial charge is 0.497 e. The summed E-state index contributed by atoms with van der Waals surface area (Å²) in [6.07, 6.45) is 1.52. The first-order valence-electron chi connectivity index (χ1n) is 12.9. The molecule has 0 unspecified atom stereocenters. The predicted molar refractivity (Wildman–Crippen MR) is 144 cm³/mol. The van der Waals surface area contributed by atoms with Crippen molar-refractivity contribution in [2.75, 3.05) is 40.0 Å². The molecule has 0 aliphatic carbocycles. The number of ketones is 1. The average molecular weight is 529 g/mol. The van der Waals surface area contributed by atoms with Crippen molar-refractivity contribution in [2.24, 2.45) is 0 Å². The molecule has 1 fully saturated rings. The van der Waals surface area contributed by atoms with E-state index in [1.165, 1.54) is 0 Å². The lowest BCUT2D eigenvalue weighted by molar-refractivity contribution is -0.123. The number of nitrogens with one attached hydrogen (secondary N) is 1. The molecule has 0 bridgehead atoms. The normalized spacial score (nSPS) is 16.5. The quantitative estimate of drug-likeness (QED) is 0.268. The van der Waals surface area contributed by atoms with Crippen LogP contribution in [0.1, 0.15) is 61.6 Å². The zero-order valence-corrected chi connectivity index (χ0v) is 21.2. The number of likely N-dealkylation sites (tertiary alicyclic amines) is 1. The van der Waals surface area contributed by atoms with Crippen LogP contribution in [0.4, 0.5) is 0 Å². The number of carbonyl (C=O) groups is 2. The maximum Gasteiger partial charge on any atom is 0.220 e. The van der Waals surface area contributed by atoms with Crippen molar-refractivity contribution < 1.29 is 34.0 Å². The van der Waals surface area contributed by atoms with E-state index in [9.17, 15) is 19.8 Å². The molecule has 0 radical (unpaired) electrons. The highest BCUT2D eigenvalue weighted by Gasteiger charge is 2.31. The number of rotatable bonds is 13. The van der Waals surface area contributed by atoms with Crippen molar-refractivity contribution in [2.45, 2.75) is 57.8 Å². The van der Waals surface area contributed by atoms with Gasteiger partial charge in [0.1, 0.15) is 25.1 Å². The Balaban J connectivity index is 0.00000400. The Morgan fingerprint density at radius 3 is 2.39 bits per heavy atom. The number of aliphatic hydroxyl groups excluding tert-OH is 2. The van der Waals surface area contributed by atoms with Gasteiger partial charge in [0.2, 0.25) is 5.91 Å². The number of β-amino-alcohol motifs (C(OH)–C–C–N with tert-alkyl or cyclic N) is 1. The minimum atomic E-state index is -0.945. The lowest BCUT2D eigenvalue weighted by atomic mass is 9.99. The van der Waals surface area contributed by atoms with Gasteiger partial charge in [0, 0.05) is 38.0 Å². The van der Waals surface area contributed by atoms with E-state index in [4.69, 9.17) is 14.2 Å². The number of ether oxygens (including phenoxy) is 3. The fraction of sp³-hybridized carbons (Fsp3) is 0.517. The summed E-state index contributed by atoms with van der Waals surface area (Å²) in [6, 6.07) is 11.8. The number of fused-ring (bicyclic) bond motifs is 1. The van der Waals surface area contributed by atoms with Crippen LogP contribution in [0, 0.1) is 0 Å². The summed E-state index contributed by atoms with van der Waals surface area (Å²) in [6.45, 7) is 2.39. The number of aliphatic hydroxyl groups is 2. The first kappa shape index (κ1) is 29.4. The van der Waals surface area contributed by atoms with E-state index in [2.05, 4.69) is 5.32 Å². The Kier molecular flexibility index (Phi) is 10.9. The molecular weight excluding hydrogens is 488 g/mol. The lowest BCUT2D eigenvalue weighted by Crippen LogP contribution is -2.56. The van der Waals surface area contributed by atoms with E-state index in [1.807, 2.05) is 4.90 Å². The van der Waals surface area contributed by atoms with Crippen molar-refractivity contribution in [3.8, 4) is 17.2 Å². The van der Waals surface area contributed by atoms with Crippen LogP contribution in [0.3, 0.4) is 0 Å². The summed E-state index contributed by atoms with van der Waals surface area (Å²) in [5.74, 6) is 1.86. The Hall–Kier alpha value is -3.14. The first-order valence-corrected chi connectivity index (χ1v) is 12.9. The van der Waals surface area contributed by atoms with Crippen LogP contribution in [0.2, 0.25) is 0 Å². The highest BCUT2D eigenvalue weighted by atomic mass is 16.6. The minimum Gasteiger partial charge on any atom is -0.497 e. The van der Waals surface area contributed by atoms with E-state index in [1.54, 1.807) is 49.6 Å². The molecule has 1 saturated heterocycles. The van der Waals surface area contributed by atoms with Gasteiger partial charge < -0.3 is 29.7 Å². The second kappa shape index (κ2) is 14.1. The second-order valence-electron chi connectivity index (χ2n) is 9.61. The zero-order chi connectivity index (χ0) is 26.2. The third kappa shape index (κ3) is 7.93. The maximum absolute atomic E-state index is 12.7. The van der Waals surface area contributed by atoms with Gasteiger partial charge >= 0.3 is 0 Å². The molecule has 2 aliphatic heterocycles. The number of unbranched alkanes of at least 4 members (excludes halogenated alkanes) is 2. The molecule has 38 heavy (non-hydrogen) atoms. The first-order chi connectivity index (χ1) is 17.9. The summed E-state index contributed by atoms with van der Waals surface area (Å²) >= 11 is 0. The van der Waals surface area contributed by atoms with Crippen molar-refractivity contribution in [3.05, 3.63) is 53.6 Å². The number of nitrogens with zero attached hydrogens (tertiary/aromatic N) is 1. The van der Waals surface area contributed by atoms with Gasteiger partial charge in [-0.05, 0) is 54.8 Å². The van der Waals surface area contributed by atoms with Crippen molar-refractivity contribution in [3.63, 3.8) is 0 Å². The number of carbonyl (C=O) groups excluding carboxylic acids is 2. The second-order valence-corrected chi connectivity index (χ2v) is 9.61. The molecule has 2 heterocycles. The van der Waals surface area contributed by atoms with Crippen LogP contribution in [0.5, 0.6) is 17.2 Å².